The van der Waals surface area contributed by atoms with Gasteiger partial charge in [0.15, 0.2) is 0 Å². The van der Waals surface area contributed by atoms with Crippen LogP contribution in [0.25, 0.3) is 5.82 Å². The van der Waals surface area contributed by atoms with E-state index in [2.05, 4.69) is 21.2 Å². The van der Waals surface area contributed by atoms with Gasteiger partial charge in [0.25, 0.3) is 5.91 Å². The van der Waals surface area contributed by atoms with Gasteiger partial charge in [-0.05, 0) is 38.8 Å². The number of nitrogens with zero attached hydrogens (tertiary/aromatic N) is 5. The topological polar surface area (TPSA) is 79.7 Å². The summed E-state index contributed by atoms with van der Waals surface area (Å²) < 4.78 is 1.98. The molecule has 7 heteroatoms. The van der Waals surface area contributed by atoms with E-state index in [9.17, 15) is 4.79 Å². The summed E-state index contributed by atoms with van der Waals surface area (Å²) in [7, 11) is 0. The number of carbonyl (C=O) groups excluding carboxylic acids is 1. The molecule has 1 amide bonds. The second kappa shape index (κ2) is 6.74. The summed E-state index contributed by atoms with van der Waals surface area (Å²) in [5.41, 5.74) is 2.49. The molecule has 1 saturated heterocycles. The van der Waals surface area contributed by atoms with Crippen molar-refractivity contribution in [3.63, 3.8) is 0 Å². The molecule has 0 radical (unpaired) electrons. The molecule has 0 aliphatic carbocycles. The van der Waals surface area contributed by atoms with E-state index in [0.717, 1.165) is 42.4 Å². The molecule has 3 aromatic heterocycles. The van der Waals surface area contributed by atoms with Gasteiger partial charge in [0.05, 0.1) is 11.8 Å². The highest BCUT2D eigenvalue weighted by Crippen LogP contribution is 2.27. The lowest BCUT2D eigenvalue weighted by molar-refractivity contribution is 0.0705. The van der Waals surface area contributed by atoms with E-state index in [0.29, 0.717) is 12.1 Å². The lowest BCUT2D eigenvalue weighted by atomic mass is 9.93. The third-order valence-electron chi connectivity index (χ3n) is 5.02. The fourth-order valence-corrected chi connectivity index (χ4v) is 3.56. The average molecular weight is 350 g/mol. The van der Waals surface area contributed by atoms with Gasteiger partial charge in [-0.1, -0.05) is 6.07 Å². The number of aromatic nitrogens is 5. The maximum absolute atomic E-state index is 12.8. The fraction of sp³-hybridized carbons (Fsp3) is 0.368. The SMILES string of the molecule is Cc1[nH]ncc1C(=O)N1CCC[C@@H](c2cccc(-n3ccnc3C)n2)C1. The molecule has 0 saturated carbocycles. The number of hydrogen-bond acceptors (Lipinski definition) is 4. The highest BCUT2D eigenvalue weighted by molar-refractivity contribution is 5.95. The number of H-pyrrole nitrogens is 1. The fourth-order valence-electron chi connectivity index (χ4n) is 3.56. The van der Waals surface area contributed by atoms with Crippen LogP contribution in [0.1, 0.15) is 46.3 Å². The van der Waals surface area contributed by atoms with Crippen LogP contribution in [0.4, 0.5) is 0 Å². The average Bonchev–Trinajstić information content (AvgIpc) is 3.29. The first-order valence-electron chi connectivity index (χ1n) is 8.90. The number of hydrogen-bond donors (Lipinski definition) is 1. The first-order valence-corrected chi connectivity index (χ1v) is 8.90. The van der Waals surface area contributed by atoms with Crippen molar-refractivity contribution in [1.29, 1.82) is 0 Å². The molecule has 1 aliphatic rings. The Morgan fingerprint density at radius 3 is 2.92 bits per heavy atom. The predicted octanol–water partition coefficient (Wildman–Crippen LogP) is 2.63. The Morgan fingerprint density at radius 1 is 1.31 bits per heavy atom. The molecule has 1 atom stereocenters. The van der Waals surface area contributed by atoms with Crippen LogP contribution >= 0.6 is 0 Å². The van der Waals surface area contributed by atoms with Gasteiger partial charge < -0.3 is 4.90 Å². The van der Waals surface area contributed by atoms with E-state index in [1.54, 1.807) is 12.4 Å². The number of amides is 1. The monoisotopic (exact) mass is 350 g/mol. The minimum Gasteiger partial charge on any atom is -0.338 e. The van der Waals surface area contributed by atoms with Gasteiger partial charge in [-0.3, -0.25) is 14.5 Å². The largest absolute Gasteiger partial charge is 0.338 e. The molecule has 1 N–H and O–H groups in total. The Hall–Kier alpha value is -2.96. The Kier molecular flexibility index (Phi) is 4.28. The Morgan fingerprint density at radius 2 is 2.19 bits per heavy atom. The molecule has 0 bridgehead atoms. The molecule has 3 aromatic rings. The molecule has 1 aliphatic heterocycles. The summed E-state index contributed by atoms with van der Waals surface area (Å²) in [4.78, 5) is 23.8. The highest BCUT2D eigenvalue weighted by Gasteiger charge is 2.27. The van der Waals surface area contributed by atoms with Crippen LogP contribution in [0, 0.1) is 13.8 Å². The molecular formula is C19H22N6O. The van der Waals surface area contributed by atoms with Crippen molar-refractivity contribution in [2.45, 2.75) is 32.6 Å². The van der Waals surface area contributed by atoms with Crippen LogP contribution in [-0.2, 0) is 0 Å². The molecular weight excluding hydrogens is 328 g/mol. The van der Waals surface area contributed by atoms with E-state index in [-0.39, 0.29) is 11.8 Å². The number of imidazole rings is 1. The summed E-state index contributed by atoms with van der Waals surface area (Å²) in [6.07, 6.45) is 7.32. The van der Waals surface area contributed by atoms with Crippen LogP contribution in [0.15, 0.2) is 36.8 Å². The quantitative estimate of drug-likeness (QED) is 0.787. The zero-order valence-corrected chi connectivity index (χ0v) is 15.0. The first-order chi connectivity index (χ1) is 12.6. The highest BCUT2D eigenvalue weighted by atomic mass is 16.2. The Bertz CT molecular complexity index is 928. The van der Waals surface area contributed by atoms with Crippen LogP contribution in [0.5, 0.6) is 0 Å². The standard InChI is InChI=1S/C19H22N6O/c1-13-16(11-21-23-13)19(26)24-9-4-5-15(12-24)17-6-3-7-18(22-17)25-10-8-20-14(25)2/h3,6-8,10-11,15H,4-5,9,12H2,1-2H3,(H,21,23)/t15-/m1/s1. The van der Waals surface area contributed by atoms with Crippen molar-refractivity contribution in [1.82, 2.24) is 29.6 Å². The Balaban J connectivity index is 1.56. The zero-order valence-electron chi connectivity index (χ0n) is 15.0. The minimum atomic E-state index is 0.0440. The van der Waals surface area contributed by atoms with Gasteiger partial charge in [-0.25, -0.2) is 9.97 Å². The molecule has 4 rings (SSSR count). The molecule has 0 spiro atoms. The van der Waals surface area contributed by atoms with Gasteiger partial charge in [0, 0.05) is 42.8 Å². The number of carbonyl (C=O) groups is 1. The summed E-state index contributed by atoms with van der Waals surface area (Å²) in [5.74, 6) is 2.06. The van der Waals surface area contributed by atoms with Crippen molar-refractivity contribution < 1.29 is 4.79 Å². The number of rotatable bonds is 3. The summed E-state index contributed by atoms with van der Waals surface area (Å²) in [6, 6.07) is 6.06. The number of aromatic amines is 1. The number of aryl methyl sites for hydroxylation is 2. The second-order valence-electron chi connectivity index (χ2n) is 6.76. The zero-order chi connectivity index (χ0) is 18.1. The molecule has 26 heavy (non-hydrogen) atoms. The number of piperidine rings is 1. The molecule has 134 valence electrons. The van der Waals surface area contributed by atoms with E-state index in [1.165, 1.54) is 0 Å². The maximum Gasteiger partial charge on any atom is 0.257 e. The first kappa shape index (κ1) is 16.5. The summed E-state index contributed by atoms with van der Waals surface area (Å²) in [5, 5.41) is 6.81. The third-order valence-corrected chi connectivity index (χ3v) is 5.02. The van der Waals surface area contributed by atoms with Crippen LogP contribution in [0.3, 0.4) is 0 Å². The van der Waals surface area contributed by atoms with Crippen LogP contribution in [0.2, 0.25) is 0 Å². The lowest BCUT2D eigenvalue weighted by Crippen LogP contribution is -2.39. The molecule has 4 heterocycles. The van der Waals surface area contributed by atoms with Gasteiger partial charge in [0.1, 0.15) is 11.6 Å². The van der Waals surface area contributed by atoms with Gasteiger partial charge in [0.2, 0.25) is 0 Å². The van der Waals surface area contributed by atoms with Crippen molar-refractivity contribution in [2.75, 3.05) is 13.1 Å². The lowest BCUT2D eigenvalue weighted by Gasteiger charge is -2.32. The smallest absolute Gasteiger partial charge is 0.257 e. The van der Waals surface area contributed by atoms with Gasteiger partial charge in [-0.15, -0.1) is 0 Å². The van der Waals surface area contributed by atoms with E-state index in [1.807, 2.05) is 41.6 Å². The van der Waals surface area contributed by atoms with Gasteiger partial charge >= 0.3 is 0 Å². The molecule has 0 aromatic carbocycles. The molecule has 7 nitrogen and oxygen atoms in total. The number of likely N-dealkylation sites (tertiary alicyclic amines) is 1. The van der Waals surface area contributed by atoms with Crippen molar-refractivity contribution in [3.8, 4) is 5.82 Å². The normalized spacial score (nSPS) is 17.5. The van der Waals surface area contributed by atoms with Gasteiger partial charge in [-0.2, -0.15) is 5.10 Å². The second-order valence-corrected chi connectivity index (χ2v) is 6.76. The van der Waals surface area contributed by atoms with Crippen molar-refractivity contribution in [3.05, 3.63) is 59.6 Å². The number of pyridine rings is 1. The van der Waals surface area contributed by atoms with Crippen molar-refractivity contribution in [2.24, 2.45) is 0 Å². The number of nitrogens with one attached hydrogen (secondary N) is 1. The molecule has 0 unspecified atom stereocenters. The van der Waals surface area contributed by atoms with Crippen LogP contribution < -0.4 is 0 Å². The maximum atomic E-state index is 12.8. The van der Waals surface area contributed by atoms with Crippen LogP contribution in [-0.4, -0.2) is 48.6 Å². The summed E-state index contributed by atoms with van der Waals surface area (Å²) >= 11 is 0. The molecule has 1 fully saturated rings. The van der Waals surface area contributed by atoms with E-state index < -0.39 is 0 Å². The Labute approximate surface area is 152 Å². The minimum absolute atomic E-state index is 0.0440. The third kappa shape index (κ3) is 3.00. The predicted molar refractivity (Wildman–Crippen MR) is 97.3 cm³/mol. The van der Waals surface area contributed by atoms with E-state index >= 15 is 0 Å². The van der Waals surface area contributed by atoms with Crippen molar-refractivity contribution >= 4 is 5.91 Å². The van der Waals surface area contributed by atoms with E-state index in [4.69, 9.17) is 4.98 Å². The summed E-state index contributed by atoms with van der Waals surface area (Å²) in [6.45, 7) is 5.30.